The topological polar surface area (TPSA) is 144 Å². The zero-order valence-electron chi connectivity index (χ0n) is 20.5. The maximum Gasteiger partial charge on any atom is 0.348 e. The highest BCUT2D eigenvalue weighted by molar-refractivity contribution is 6.32. The lowest BCUT2D eigenvalue weighted by Crippen LogP contribution is -2.34. The van der Waals surface area contributed by atoms with Crippen molar-refractivity contribution in [1.29, 1.82) is 0 Å². The van der Waals surface area contributed by atoms with E-state index in [1.165, 1.54) is 50.5 Å². The molecule has 1 heterocycles. The van der Waals surface area contributed by atoms with Gasteiger partial charge in [-0.05, 0) is 25.1 Å². The van der Waals surface area contributed by atoms with Crippen LogP contribution in [0.4, 0.5) is 20.3 Å². The molecular formula is C23H22Cl2F2N4O8. The number of ether oxygens (including phenoxy) is 5. The minimum Gasteiger partial charge on any atom is -0.490 e. The van der Waals surface area contributed by atoms with Crippen molar-refractivity contribution in [2.75, 3.05) is 32.8 Å². The average Bonchev–Trinajstić information content (AvgIpc) is 2.87. The van der Waals surface area contributed by atoms with Crippen LogP contribution in [0.15, 0.2) is 42.2 Å². The van der Waals surface area contributed by atoms with E-state index in [2.05, 4.69) is 20.0 Å². The van der Waals surface area contributed by atoms with E-state index in [9.17, 15) is 23.7 Å². The van der Waals surface area contributed by atoms with Crippen LogP contribution in [-0.4, -0.2) is 59.4 Å². The van der Waals surface area contributed by atoms with Gasteiger partial charge in [-0.2, -0.15) is 0 Å². The van der Waals surface area contributed by atoms with Gasteiger partial charge in [0.1, 0.15) is 30.9 Å². The predicted octanol–water partition coefficient (Wildman–Crippen LogP) is 4.53. The van der Waals surface area contributed by atoms with Gasteiger partial charge in [-0.15, -0.1) is 0 Å². The minimum atomic E-state index is -1.65. The second kappa shape index (κ2) is 13.4. The Hall–Kier alpha value is -3.75. The van der Waals surface area contributed by atoms with Crippen LogP contribution in [0.2, 0.25) is 5.15 Å². The van der Waals surface area contributed by atoms with Gasteiger partial charge in [0.05, 0.1) is 12.0 Å². The Labute approximate surface area is 230 Å². The van der Waals surface area contributed by atoms with Gasteiger partial charge in [0.15, 0.2) is 16.5 Å². The Morgan fingerprint density at radius 2 is 1.97 bits per heavy atom. The highest BCUT2D eigenvalue weighted by Crippen LogP contribution is 2.37. The van der Waals surface area contributed by atoms with Crippen LogP contribution in [0.5, 0.6) is 11.5 Å². The number of alkyl halides is 3. The van der Waals surface area contributed by atoms with E-state index in [-0.39, 0.29) is 41.1 Å². The van der Waals surface area contributed by atoms with Gasteiger partial charge >= 0.3 is 11.7 Å². The van der Waals surface area contributed by atoms with Crippen molar-refractivity contribution >= 4 is 40.7 Å². The number of halogens is 4. The molecule has 0 bridgehead atoms. The number of hydrogen-bond donors (Lipinski definition) is 1. The number of benzene rings is 1. The quantitative estimate of drug-likeness (QED) is 0.0667. The monoisotopic (exact) mass is 590 g/mol. The number of aromatic nitrogens is 2. The van der Waals surface area contributed by atoms with Crippen LogP contribution < -0.4 is 14.8 Å². The summed E-state index contributed by atoms with van der Waals surface area (Å²) in [6.07, 6.45) is 3.19. The summed E-state index contributed by atoms with van der Waals surface area (Å²) in [5.41, 5.74) is -0.323. The SMILES string of the molecule is COC(=O)COC1C=CC(Cl)(Nc2nc(C)nc(Cl)c2[N+](=O)[O-])C=C1OCc1cccc(OCF)c1OCF. The van der Waals surface area contributed by atoms with Gasteiger partial charge < -0.3 is 29.0 Å². The number of aryl methyl sites for hydroxylation is 1. The largest absolute Gasteiger partial charge is 0.490 e. The molecule has 39 heavy (non-hydrogen) atoms. The summed E-state index contributed by atoms with van der Waals surface area (Å²) in [5.74, 6) is -0.885. The van der Waals surface area contributed by atoms with Gasteiger partial charge in [0.2, 0.25) is 24.7 Å². The van der Waals surface area contributed by atoms with E-state index in [0.29, 0.717) is 0 Å². The molecule has 0 saturated heterocycles. The number of anilines is 1. The van der Waals surface area contributed by atoms with Crippen LogP contribution in [0.3, 0.4) is 0 Å². The number of nitrogens with one attached hydrogen (secondary N) is 1. The summed E-state index contributed by atoms with van der Waals surface area (Å²) >= 11 is 12.7. The fraction of sp³-hybridized carbons (Fsp3) is 0.348. The highest BCUT2D eigenvalue weighted by atomic mass is 35.5. The number of carbonyl (C=O) groups is 1. The van der Waals surface area contributed by atoms with Gasteiger partial charge in [0, 0.05) is 11.6 Å². The van der Waals surface area contributed by atoms with Crippen molar-refractivity contribution in [3.05, 3.63) is 68.8 Å². The second-order valence-corrected chi connectivity index (χ2v) is 8.65. The lowest BCUT2D eigenvalue weighted by atomic mass is 10.1. The van der Waals surface area contributed by atoms with Gasteiger partial charge in [-0.1, -0.05) is 35.3 Å². The molecule has 12 nitrogen and oxygen atoms in total. The van der Waals surface area contributed by atoms with E-state index in [4.69, 9.17) is 42.1 Å². The molecule has 1 aliphatic rings. The molecule has 0 saturated carbocycles. The first kappa shape index (κ1) is 29.8. The Bertz CT molecular complexity index is 1280. The number of rotatable bonds is 13. The molecule has 0 amide bonds. The van der Waals surface area contributed by atoms with E-state index in [1.807, 2.05) is 0 Å². The van der Waals surface area contributed by atoms with Crippen molar-refractivity contribution in [1.82, 2.24) is 9.97 Å². The number of carbonyl (C=O) groups excluding carboxylic acids is 1. The van der Waals surface area contributed by atoms with Crippen molar-refractivity contribution in [3.63, 3.8) is 0 Å². The molecule has 0 fully saturated rings. The maximum absolute atomic E-state index is 13.0. The molecule has 210 valence electrons. The molecule has 2 aromatic rings. The molecule has 0 aliphatic heterocycles. The number of nitro groups is 1. The minimum absolute atomic E-state index is 0.0476. The number of hydrogen-bond acceptors (Lipinski definition) is 11. The maximum atomic E-state index is 13.0. The molecule has 0 radical (unpaired) electrons. The fourth-order valence-electron chi connectivity index (χ4n) is 3.41. The molecule has 1 aromatic carbocycles. The van der Waals surface area contributed by atoms with Gasteiger partial charge in [-0.3, -0.25) is 10.1 Å². The summed E-state index contributed by atoms with van der Waals surface area (Å²) in [6, 6.07) is 4.43. The number of esters is 1. The van der Waals surface area contributed by atoms with Crippen molar-refractivity contribution < 1.29 is 42.2 Å². The molecule has 2 unspecified atom stereocenters. The van der Waals surface area contributed by atoms with Gasteiger partial charge in [-0.25, -0.2) is 23.5 Å². The summed E-state index contributed by atoms with van der Waals surface area (Å²) < 4.78 is 51.6. The number of para-hydroxylation sites is 1. The van der Waals surface area contributed by atoms with Crippen molar-refractivity contribution in [2.24, 2.45) is 0 Å². The molecule has 1 aromatic heterocycles. The first-order valence-corrected chi connectivity index (χ1v) is 11.7. The van der Waals surface area contributed by atoms with Crippen LogP contribution in [-0.2, 0) is 25.6 Å². The zero-order valence-corrected chi connectivity index (χ0v) is 22.0. The first-order chi connectivity index (χ1) is 18.6. The average molecular weight is 591 g/mol. The second-order valence-electron chi connectivity index (χ2n) is 7.66. The van der Waals surface area contributed by atoms with Crippen LogP contribution in [0.1, 0.15) is 11.4 Å². The molecule has 0 spiro atoms. The van der Waals surface area contributed by atoms with E-state index >= 15 is 0 Å². The molecule has 2 atom stereocenters. The van der Waals surface area contributed by atoms with Crippen LogP contribution in [0, 0.1) is 17.0 Å². The number of nitrogens with zero attached hydrogens (tertiary/aromatic N) is 3. The zero-order chi connectivity index (χ0) is 28.6. The van der Waals surface area contributed by atoms with Crippen LogP contribution >= 0.6 is 23.2 Å². The molecule has 3 rings (SSSR count). The smallest absolute Gasteiger partial charge is 0.348 e. The summed E-state index contributed by atoms with van der Waals surface area (Å²) in [7, 11) is 1.18. The fourth-order valence-corrected chi connectivity index (χ4v) is 3.96. The summed E-state index contributed by atoms with van der Waals surface area (Å²) in [4.78, 5) is 28.6. The number of methoxy groups -OCH3 is 1. The van der Waals surface area contributed by atoms with Crippen molar-refractivity contribution in [3.8, 4) is 11.5 Å². The molecular weight excluding hydrogens is 569 g/mol. The first-order valence-electron chi connectivity index (χ1n) is 11.0. The Balaban J connectivity index is 1.94. The third-order valence-electron chi connectivity index (χ3n) is 5.06. The molecule has 1 aliphatic carbocycles. The third-order valence-corrected chi connectivity index (χ3v) is 5.66. The van der Waals surface area contributed by atoms with Crippen LogP contribution in [0.25, 0.3) is 0 Å². The summed E-state index contributed by atoms with van der Waals surface area (Å²) in [6.45, 7) is -1.62. The normalized spacial score (nSPS) is 18.2. The Morgan fingerprint density at radius 1 is 1.23 bits per heavy atom. The molecule has 16 heteroatoms. The predicted molar refractivity (Wildman–Crippen MR) is 134 cm³/mol. The van der Waals surface area contributed by atoms with Crippen molar-refractivity contribution in [2.45, 2.75) is 24.6 Å². The highest BCUT2D eigenvalue weighted by Gasteiger charge is 2.34. The lowest BCUT2D eigenvalue weighted by molar-refractivity contribution is -0.384. The molecule has 1 N–H and O–H groups in total. The Morgan fingerprint density at radius 3 is 2.64 bits per heavy atom. The van der Waals surface area contributed by atoms with Gasteiger partial charge in [0.25, 0.3) is 0 Å². The van der Waals surface area contributed by atoms with E-state index < -0.39 is 53.2 Å². The summed E-state index contributed by atoms with van der Waals surface area (Å²) in [5, 5.41) is 13.9. The standard InChI is InChI=1S/C23H22Cl2F2N4O8/c1-13-28-21(24)19(31(33)34)22(29-13)30-23(25)7-6-15(37-10-18(32)35-2)17(8-23)36-9-14-4-3-5-16(38-11-26)20(14)39-12-27/h3-8,15H,9-12H2,1-2H3,(H,28,29,30). The van der Waals surface area contributed by atoms with E-state index in [1.54, 1.807) is 0 Å². The Kier molecular flexibility index (Phi) is 10.2. The van der Waals surface area contributed by atoms with E-state index in [0.717, 1.165) is 0 Å². The lowest BCUT2D eigenvalue weighted by Gasteiger charge is -2.30. The third kappa shape index (κ3) is 7.65.